The summed E-state index contributed by atoms with van der Waals surface area (Å²) in [6.45, 7) is 7.43. The number of aryl methyl sites for hydroxylation is 1. The number of rotatable bonds is 10. The van der Waals surface area contributed by atoms with E-state index in [9.17, 15) is 14.4 Å². The molecule has 190 valence electrons. The molecular formula is C26H38N6O3. The predicted octanol–water partition coefficient (Wildman–Crippen LogP) is 2.47. The molecule has 0 spiro atoms. The van der Waals surface area contributed by atoms with Crippen LogP contribution in [0.5, 0.6) is 0 Å². The van der Waals surface area contributed by atoms with Crippen LogP contribution >= 0.6 is 0 Å². The molecule has 2 N–H and O–H groups in total. The second-order valence-electron chi connectivity index (χ2n) is 10.4. The molecule has 9 nitrogen and oxygen atoms in total. The predicted molar refractivity (Wildman–Crippen MR) is 136 cm³/mol. The van der Waals surface area contributed by atoms with Crippen molar-refractivity contribution in [1.82, 2.24) is 24.7 Å². The SMILES string of the molecule is CN(C)CC(C)(C)CNC(=O)C1CCN(C(=O)c2cccc(NC(=O)CCn3ccnc3)c2)CC1. The standard InChI is InChI=1S/C26H38N6O3/c1-26(2,18-30(3)4)17-28-24(34)20-8-13-32(14-9-20)25(35)21-6-5-7-22(16-21)29-23(33)10-12-31-15-11-27-19-31/h5-7,11,15-16,19-20H,8-10,12-14,17-18H2,1-4H3,(H,28,34)(H,29,33). The Kier molecular flexibility index (Phi) is 9.03. The van der Waals surface area contributed by atoms with Gasteiger partial charge in [0.25, 0.3) is 5.91 Å². The number of hydrogen-bond acceptors (Lipinski definition) is 5. The van der Waals surface area contributed by atoms with Crippen LogP contribution in [0.1, 0.15) is 43.5 Å². The van der Waals surface area contributed by atoms with E-state index in [2.05, 4.69) is 34.4 Å². The number of aromatic nitrogens is 2. The van der Waals surface area contributed by atoms with E-state index in [1.54, 1.807) is 41.7 Å². The van der Waals surface area contributed by atoms with Crippen LogP contribution in [0.3, 0.4) is 0 Å². The molecule has 9 heteroatoms. The van der Waals surface area contributed by atoms with Gasteiger partial charge in [0.2, 0.25) is 11.8 Å². The summed E-state index contributed by atoms with van der Waals surface area (Å²) in [7, 11) is 4.06. The van der Waals surface area contributed by atoms with Crippen molar-refractivity contribution in [3.8, 4) is 0 Å². The summed E-state index contributed by atoms with van der Waals surface area (Å²) >= 11 is 0. The maximum absolute atomic E-state index is 13.1. The fourth-order valence-electron chi connectivity index (χ4n) is 4.51. The fourth-order valence-corrected chi connectivity index (χ4v) is 4.51. The summed E-state index contributed by atoms with van der Waals surface area (Å²) < 4.78 is 1.84. The molecule has 2 heterocycles. The first-order valence-corrected chi connectivity index (χ1v) is 12.2. The summed E-state index contributed by atoms with van der Waals surface area (Å²) in [6.07, 6.45) is 6.77. The molecule has 35 heavy (non-hydrogen) atoms. The highest BCUT2D eigenvalue weighted by Crippen LogP contribution is 2.22. The number of anilines is 1. The highest BCUT2D eigenvalue weighted by atomic mass is 16.2. The number of benzene rings is 1. The van der Waals surface area contributed by atoms with Crippen LogP contribution in [0, 0.1) is 11.3 Å². The van der Waals surface area contributed by atoms with Crippen molar-refractivity contribution in [2.24, 2.45) is 11.3 Å². The Hall–Kier alpha value is -3.20. The van der Waals surface area contributed by atoms with Gasteiger partial charge in [0, 0.05) is 68.7 Å². The highest BCUT2D eigenvalue weighted by molar-refractivity contribution is 5.97. The summed E-state index contributed by atoms with van der Waals surface area (Å²) in [6, 6.07) is 7.02. The minimum atomic E-state index is -0.121. The number of piperidine rings is 1. The molecule has 1 aliphatic heterocycles. The number of amides is 3. The van der Waals surface area contributed by atoms with E-state index >= 15 is 0 Å². The van der Waals surface area contributed by atoms with Crippen molar-refractivity contribution in [2.45, 2.75) is 39.7 Å². The van der Waals surface area contributed by atoms with Crippen LogP contribution in [-0.2, 0) is 16.1 Å². The monoisotopic (exact) mass is 482 g/mol. The van der Waals surface area contributed by atoms with Gasteiger partial charge >= 0.3 is 0 Å². The number of imidazole rings is 1. The topological polar surface area (TPSA) is 99.6 Å². The third kappa shape index (κ3) is 8.20. The number of nitrogens with one attached hydrogen (secondary N) is 2. The van der Waals surface area contributed by atoms with Crippen molar-refractivity contribution in [3.05, 3.63) is 48.5 Å². The molecule has 0 bridgehead atoms. The maximum Gasteiger partial charge on any atom is 0.253 e. The molecule has 0 unspecified atom stereocenters. The van der Waals surface area contributed by atoms with Crippen molar-refractivity contribution < 1.29 is 14.4 Å². The zero-order valence-corrected chi connectivity index (χ0v) is 21.3. The maximum atomic E-state index is 13.1. The molecule has 1 aliphatic rings. The van der Waals surface area contributed by atoms with Crippen LogP contribution < -0.4 is 10.6 Å². The van der Waals surface area contributed by atoms with Gasteiger partial charge in [0.15, 0.2) is 0 Å². The van der Waals surface area contributed by atoms with Crippen molar-refractivity contribution in [1.29, 1.82) is 0 Å². The van der Waals surface area contributed by atoms with Gasteiger partial charge in [0.05, 0.1) is 6.33 Å². The second-order valence-corrected chi connectivity index (χ2v) is 10.4. The minimum Gasteiger partial charge on any atom is -0.355 e. The number of carbonyl (C=O) groups excluding carboxylic acids is 3. The van der Waals surface area contributed by atoms with Gasteiger partial charge < -0.3 is 25.0 Å². The van der Waals surface area contributed by atoms with E-state index in [0.29, 0.717) is 56.7 Å². The Bertz CT molecular complexity index is 994. The van der Waals surface area contributed by atoms with Gasteiger partial charge in [-0.25, -0.2) is 4.98 Å². The molecule has 3 rings (SSSR count). The lowest BCUT2D eigenvalue weighted by atomic mass is 9.91. The zero-order chi connectivity index (χ0) is 25.4. The third-order valence-corrected chi connectivity index (χ3v) is 6.19. The first kappa shape index (κ1) is 26.4. The van der Waals surface area contributed by atoms with E-state index in [4.69, 9.17) is 0 Å². The van der Waals surface area contributed by atoms with Gasteiger partial charge in [0.1, 0.15) is 0 Å². The minimum absolute atomic E-state index is 0.00422. The molecule has 0 atom stereocenters. The molecule has 1 fully saturated rings. The molecule has 0 aliphatic carbocycles. The molecule has 0 saturated carbocycles. The van der Waals surface area contributed by atoms with Gasteiger partial charge in [-0.15, -0.1) is 0 Å². The Morgan fingerprint density at radius 1 is 1.17 bits per heavy atom. The van der Waals surface area contributed by atoms with Crippen LogP contribution in [0.4, 0.5) is 5.69 Å². The van der Waals surface area contributed by atoms with Gasteiger partial charge in [-0.1, -0.05) is 19.9 Å². The summed E-state index contributed by atoms with van der Waals surface area (Å²) in [5, 5.41) is 5.97. The zero-order valence-electron chi connectivity index (χ0n) is 21.3. The van der Waals surface area contributed by atoms with E-state index in [1.807, 2.05) is 24.9 Å². The quantitative estimate of drug-likeness (QED) is 0.542. The van der Waals surface area contributed by atoms with Crippen LogP contribution in [0.2, 0.25) is 0 Å². The normalized spacial score (nSPS) is 14.7. The lowest BCUT2D eigenvalue weighted by molar-refractivity contribution is -0.126. The van der Waals surface area contributed by atoms with E-state index in [0.717, 1.165) is 6.54 Å². The van der Waals surface area contributed by atoms with E-state index in [1.165, 1.54) is 0 Å². The van der Waals surface area contributed by atoms with Gasteiger partial charge in [-0.05, 0) is 50.6 Å². The Morgan fingerprint density at radius 3 is 2.57 bits per heavy atom. The average molecular weight is 483 g/mol. The number of likely N-dealkylation sites (tertiary alicyclic amines) is 1. The molecule has 2 aromatic rings. The third-order valence-electron chi connectivity index (χ3n) is 6.19. The Labute approximate surface area is 207 Å². The van der Waals surface area contributed by atoms with Crippen LogP contribution in [0.15, 0.2) is 43.0 Å². The first-order chi connectivity index (χ1) is 16.6. The van der Waals surface area contributed by atoms with Crippen molar-refractivity contribution in [2.75, 3.05) is 45.6 Å². The van der Waals surface area contributed by atoms with Crippen LogP contribution in [-0.4, -0.2) is 77.3 Å². The number of hydrogen-bond donors (Lipinski definition) is 2. The number of carbonyl (C=O) groups is 3. The van der Waals surface area contributed by atoms with Crippen LogP contribution in [0.25, 0.3) is 0 Å². The summed E-state index contributed by atoms with van der Waals surface area (Å²) in [5.41, 5.74) is 1.13. The lowest BCUT2D eigenvalue weighted by Gasteiger charge is -2.33. The smallest absolute Gasteiger partial charge is 0.253 e. The number of nitrogens with zero attached hydrogens (tertiary/aromatic N) is 4. The van der Waals surface area contributed by atoms with E-state index in [-0.39, 0.29) is 29.1 Å². The molecule has 1 aromatic heterocycles. The lowest BCUT2D eigenvalue weighted by Crippen LogP contribution is -2.46. The average Bonchev–Trinajstić information content (AvgIpc) is 3.34. The highest BCUT2D eigenvalue weighted by Gasteiger charge is 2.29. The summed E-state index contributed by atoms with van der Waals surface area (Å²) in [5.74, 6) is -0.200. The Morgan fingerprint density at radius 2 is 1.91 bits per heavy atom. The molecule has 0 radical (unpaired) electrons. The molecule has 1 saturated heterocycles. The Balaban J connectivity index is 1.46. The second kappa shape index (κ2) is 12.0. The fraction of sp³-hybridized carbons (Fsp3) is 0.538. The first-order valence-electron chi connectivity index (χ1n) is 12.2. The van der Waals surface area contributed by atoms with E-state index < -0.39 is 0 Å². The molecule has 3 amide bonds. The van der Waals surface area contributed by atoms with Crippen molar-refractivity contribution in [3.63, 3.8) is 0 Å². The molecule has 1 aromatic carbocycles. The largest absolute Gasteiger partial charge is 0.355 e. The van der Waals surface area contributed by atoms with Crippen molar-refractivity contribution >= 4 is 23.4 Å². The summed E-state index contributed by atoms with van der Waals surface area (Å²) in [4.78, 5) is 45.9. The molecular weight excluding hydrogens is 444 g/mol. The van der Waals surface area contributed by atoms with Gasteiger partial charge in [-0.2, -0.15) is 0 Å². The van der Waals surface area contributed by atoms with Gasteiger partial charge in [-0.3, -0.25) is 14.4 Å².